The Morgan fingerprint density at radius 2 is 1.65 bits per heavy atom. The number of hydrogen-bond acceptors (Lipinski definition) is 4. The van der Waals surface area contributed by atoms with Gasteiger partial charge in [0.15, 0.2) is 0 Å². The molecule has 1 aromatic carbocycles. The maximum atomic E-state index is 11.8. The molecule has 2 rings (SSSR count). The van der Waals surface area contributed by atoms with Crippen molar-refractivity contribution in [3.05, 3.63) is 29.3 Å². The summed E-state index contributed by atoms with van der Waals surface area (Å²) in [6.07, 6.45) is 0. The van der Waals surface area contributed by atoms with Crippen molar-refractivity contribution in [1.82, 2.24) is 9.62 Å². The minimum Gasteiger partial charge on any atom is -0.288 e. The first kappa shape index (κ1) is 11.7. The topological polar surface area (TPSA) is 83.6 Å². The molecule has 0 saturated heterocycles. The molecular formula is C10H10N2O4S. The first-order chi connectivity index (χ1) is 7.84. The summed E-state index contributed by atoms with van der Waals surface area (Å²) in [7, 11) is -0.804. The second kappa shape index (κ2) is 3.64. The molecule has 0 fully saturated rings. The largest absolute Gasteiger partial charge is 0.288 e. The average molecular weight is 254 g/mol. The molecular weight excluding hydrogens is 244 g/mol. The van der Waals surface area contributed by atoms with Crippen LogP contribution >= 0.6 is 0 Å². The molecule has 17 heavy (non-hydrogen) atoms. The van der Waals surface area contributed by atoms with E-state index in [-0.39, 0.29) is 16.0 Å². The van der Waals surface area contributed by atoms with Crippen LogP contribution in [0.1, 0.15) is 20.7 Å². The Hall–Kier alpha value is -1.73. The summed E-state index contributed by atoms with van der Waals surface area (Å²) in [5.41, 5.74) is 0.297. The zero-order chi connectivity index (χ0) is 12.8. The Bertz CT molecular complexity index is 619. The summed E-state index contributed by atoms with van der Waals surface area (Å²) >= 11 is 0. The molecule has 0 saturated carbocycles. The van der Waals surface area contributed by atoms with Gasteiger partial charge in [-0.05, 0) is 18.2 Å². The van der Waals surface area contributed by atoms with Crippen LogP contribution in [0.2, 0.25) is 0 Å². The summed E-state index contributed by atoms with van der Waals surface area (Å²) in [5, 5.41) is 2.10. The van der Waals surface area contributed by atoms with Crippen LogP contribution < -0.4 is 5.32 Å². The van der Waals surface area contributed by atoms with Crippen LogP contribution in [0.4, 0.5) is 0 Å². The molecule has 2 amide bonds. The molecule has 1 aliphatic rings. The van der Waals surface area contributed by atoms with Crippen molar-refractivity contribution >= 4 is 21.8 Å². The molecule has 1 aliphatic heterocycles. The lowest BCUT2D eigenvalue weighted by molar-refractivity contribution is 0.0879. The molecule has 0 atom stereocenters. The lowest BCUT2D eigenvalue weighted by atomic mass is 10.1. The van der Waals surface area contributed by atoms with Crippen molar-refractivity contribution in [3.63, 3.8) is 0 Å². The van der Waals surface area contributed by atoms with Crippen molar-refractivity contribution in [3.8, 4) is 0 Å². The number of nitrogens with zero attached hydrogens (tertiary/aromatic N) is 1. The average Bonchev–Trinajstić information content (AvgIpc) is 2.54. The van der Waals surface area contributed by atoms with Crippen LogP contribution in [-0.2, 0) is 10.0 Å². The standard InChI is InChI=1S/C10H10N2O4S/c1-12(2)17(15,16)6-3-4-7-8(5-6)10(14)11-9(7)13/h3-5H,1-2H3,(H,11,13,14). The van der Waals surface area contributed by atoms with Gasteiger partial charge in [0.05, 0.1) is 16.0 Å². The fourth-order valence-electron chi connectivity index (χ4n) is 1.52. The molecule has 7 heteroatoms. The molecule has 1 heterocycles. The van der Waals surface area contributed by atoms with Gasteiger partial charge < -0.3 is 0 Å². The highest BCUT2D eigenvalue weighted by molar-refractivity contribution is 7.89. The van der Waals surface area contributed by atoms with Gasteiger partial charge in [0.25, 0.3) is 11.8 Å². The van der Waals surface area contributed by atoms with E-state index in [1.807, 2.05) is 0 Å². The van der Waals surface area contributed by atoms with E-state index in [0.29, 0.717) is 0 Å². The molecule has 0 bridgehead atoms. The predicted molar refractivity (Wildman–Crippen MR) is 59.1 cm³/mol. The number of benzene rings is 1. The summed E-state index contributed by atoms with van der Waals surface area (Å²) in [6, 6.07) is 3.86. The van der Waals surface area contributed by atoms with E-state index in [1.54, 1.807) is 0 Å². The van der Waals surface area contributed by atoms with Crippen molar-refractivity contribution in [2.75, 3.05) is 14.1 Å². The number of carbonyl (C=O) groups excluding carboxylic acids is 2. The third-order valence-electron chi connectivity index (χ3n) is 2.49. The van der Waals surface area contributed by atoms with E-state index in [9.17, 15) is 18.0 Å². The van der Waals surface area contributed by atoms with Crippen LogP contribution in [0.25, 0.3) is 0 Å². The number of fused-ring (bicyclic) bond motifs is 1. The molecule has 0 spiro atoms. The van der Waals surface area contributed by atoms with Gasteiger partial charge in [-0.25, -0.2) is 12.7 Å². The molecule has 1 N–H and O–H groups in total. The Morgan fingerprint density at radius 3 is 2.24 bits per heavy atom. The quantitative estimate of drug-likeness (QED) is 0.742. The van der Waals surface area contributed by atoms with E-state index >= 15 is 0 Å². The smallest absolute Gasteiger partial charge is 0.258 e. The monoisotopic (exact) mass is 254 g/mol. The van der Waals surface area contributed by atoms with Gasteiger partial charge in [-0.1, -0.05) is 0 Å². The third kappa shape index (κ3) is 1.73. The van der Waals surface area contributed by atoms with Gasteiger partial charge in [-0.15, -0.1) is 0 Å². The second-order valence-corrected chi connectivity index (χ2v) is 5.93. The number of sulfonamides is 1. The maximum Gasteiger partial charge on any atom is 0.258 e. The Kier molecular flexibility index (Phi) is 2.52. The van der Waals surface area contributed by atoms with Crippen LogP contribution in [0.15, 0.2) is 23.1 Å². The van der Waals surface area contributed by atoms with Gasteiger partial charge in [0, 0.05) is 14.1 Å². The Labute approximate surface area is 98.3 Å². The first-order valence-electron chi connectivity index (χ1n) is 4.76. The number of rotatable bonds is 2. The minimum absolute atomic E-state index is 0.00824. The number of hydrogen-bond donors (Lipinski definition) is 1. The van der Waals surface area contributed by atoms with Crippen LogP contribution in [0, 0.1) is 0 Å². The molecule has 0 radical (unpaired) electrons. The van der Waals surface area contributed by atoms with E-state index in [1.165, 1.54) is 32.3 Å². The summed E-state index contributed by atoms with van der Waals surface area (Å²) in [6.45, 7) is 0. The summed E-state index contributed by atoms with van der Waals surface area (Å²) in [5.74, 6) is -1.07. The number of carbonyl (C=O) groups is 2. The predicted octanol–water partition coefficient (Wildman–Crippen LogP) is -0.179. The fourth-order valence-corrected chi connectivity index (χ4v) is 2.45. The number of amides is 2. The van der Waals surface area contributed by atoms with E-state index in [0.717, 1.165) is 4.31 Å². The van der Waals surface area contributed by atoms with Crippen LogP contribution in [0.5, 0.6) is 0 Å². The Balaban J connectivity index is 2.60. The van der Waals surface area contributed by atoms with Gasteiger partial charge in [0.1, 0.15) is 0 Å². The highest BCUT2D eigenvalue weighted by Crippen LogP contribution is 2.21. The summed E-state index contributed by atoms with van der Waals surface area (Å²) < 4.78 is 24.7. The van der Waals surface area contributed by atoms with Crippen molar-refractivity contribution in [1.29, 1.82) is 0 Å². The minimum atomic E-state index is -3.60. The normalized spacial score (nSPS) is 15.0. The lowest BCUT2D eigenvalue weighted by Crippen LogP contribution is -2.22. The lowest BCUT2D eigenvalue weighted by Gasteiger charge is -2.11. The van der Waals surface area contributed by atoms with Gasteiger partial charge >= 0.3 is 0 Å². The van der Waals surface area contributed by atoms with Crippen molar-refractivity contribution < 1.29 is 18.0 Å². The molecule has 1 aromatic rings. The molecule has 0 aliphatic carbocycles. The molecule has 0 aromatic heterocycles. The summed E-state index contributed by atoms with van der Waals surface area (Å²) in [4.78, 5) is 22.7. The number of imide groups is 1. The van der Waals surface area contributed by atoms with Gasteiger partial charge in [-0.3, -0.25) is 14.9 Å². The zero-order valence-electron chi connectivity index (χ0n) is 9.22. The van der Waals surface area contributed by atoms with Crippen molar-refractivity contribution in [2.45, 2.75) is 4.90 Å². The molecule has 90 valence electrons. The maximum absolute atomic E-state index is 11.8. The Morgan fingerprint density at radius 1 is 1.06 bits per heavy atom. The SMILES string of the molecule is CN(C)S(=O)(=O)c1ccc2c(c1)C(=O)NC2=O. The van der Waals surface area contributed by atoms with Gasteiger partial charge in [-0.2, -0.15) is 0 Å². The van der Waals surface area contributed by atoms with Crippen LogP contribution in [0.3, 0.4) is 0 Å². The van der Waals surface area contributed by atoms with E-state index < -0.39 is 21.8 Å². The van der Waals surface area contributed by atoms with Crippen LogP contribution in [-0.4, -0.2) is 38.6 Å². The van der Waals surface area contributed by atoms with Gasteiger partial charge in [0.2, 0.25) is 10.0 Å². The van der Waals surface area contributed by atoms with Crippen molar-refractivity contribution in [2.24, 2.45) is 0 Å². The fraction of sp³-hybridized carbons (Fsp3) is 0.200. The zero-order valence-corrected chi connectivity index (χ0v) is 10.0. The molecule has 0 unspecified atom stereocenters. The highest BCUT2D eigenvalue weighted by atomic mass is 32.2. The number of nitrogens with one attached hydrogen (secondary N) is 1. The third-order valence-corrected chi connectivity index (χ3v) is 4.30. The molecule has 6 nitrogen and oxygen atoms in total. The highest BCUT2D eigenvalue weighted by Gasteiger charge is 2.29. The second-order valence-electron chi connectivity index (χ2n) is 3.78. The van der Waals surface area contributed by atoms with E-state index in [2.05, 4.69) is 5.32 Å². The van der Waals surface area contributed by atoms with E-state index in [4.69, 9.17) is 0 Å². The first-order valence-corrected chi connectivity index (χ1v) is 6.20.